The number of alkyl halides is 2. The smallest absolute Gasteiger partial charge is 0.251 e. The zero-order valence-corrected chi connectivity index (χ0v) is 8.70. The summed E-state index contributed by atoms with van der Waals surface area (Å²) >= 11 is 1.72. The van der Waals surface area contributed by atoms with E-state index in [9.17, 15) is 8.78 Å². The maximum atomic E-state index is 12.0. The molecule has 0 saturated carbocycles. The van der Waals surface area contributed by atoms with Gasteiger partial charge in [-0.05, 0) is 5.75 Å². The summed E-state index contributed by atoms with van der Waals surface area (Å²) in [5, 5.41) is 8.61. The van der Waals surface area contributed by atoms with Gasteiger partial charge in [0.05, 0.1) is 13.2 Å². The molecule has 5 heteroatoms. The molecule has 0 fully saturated rings. The maximum absolute atomic E-state index is 12.0. The first-order valence-corrected chi connectivity index (χ1v) is 5.55. The third-order valence-corrected chi connectivity index (χ3v) is 2.45. The Hall–Kier alpha value is 0.130. The summed E-state index contributed by atoms with van der Waals surface area (Å²) in [5.41, 5.74) is 0. The highest BCUT2D eigenvalue weighted by atomic mass is 32.2. The lowest BCUT2D eigenvalue weighted by atomic mass is 10.5. The molecule has 0 aliphatic carbocycles. The Morgan fingerprint density at radius 2 is 2.08 bits per heavy atom. The number of halogens is 2. The van der Waals surface area contributed by atoms with Gasteiger partial charge in [0.1, 0.15) is 0 Å². The molecule has 0 atom stereocenters. The molecule has 1 N–H and O–H groups in total. The van der Waals surface area contributed by atoms with E-state index in [1.54, 1.807) is 16.7 Å². The maximum Gasteiger partial charge on any atom is 0.251 e. The molecular formula is C8H17F2NOS. The van der Waals surface area contributed by atoms with E-state index in [0.29, 0.717) is 13.1 Å². The number of aliphatic hydroxyl groups excluding tert-OH is 1. The van der Waals surface area contributed by atoms with E-state index in [1.165, 1.54) is 0 Å². The van der Waals surface area contributed by atoms with E-state index in [2.05, 4.69) is 0 Å². The largest absolute Gasteiger partial charge is 0.395 e. The summed E-state index contributed by atoms with van der Waals surface area (Å²) in [6.07, 6.45) is -2.31. The van der Waals surface area contributed by atoms with E-state index in [4.69, 9.17) is 5.11 Å². The van der Waals surface area contributed by atoms with Crippen molar-refractivity contribution in [3.8, 4) is 0 Å². The van der Waals surface area contributed by atoms with Crippen LogP contribution in [0.3, 0.4) is 0 Å². The van der Waals surface area contributed by atoms with Crippen molar-refractivity contribution in [3.63, 3.8) is 0 Å². The zero-order chi connectivity index (χ0) is 10.1. The molecule has 0 amide bonds. The average Bonchev–Trinajstić information content (AvgIpc) is 2.04. The Kier molecular flexibility index (Phi) is 8.80. The van der Waals surface area contributed by atoms with E-state index < -0.39 is 6.43 Å². The van der Waals surface area contributed by atoms with E-state index in [0.717, 1.165) is 11.5 Å². The summed E-state index contributed by atoms with van der Waals surface area (Å²) in [6, 6.07) is 0. The summed E-state index contributed by atoms with van der Waals surface area (Å²) in [7, 11) is 0. The van der Waals surface area contributed by atoms with Crippen molar-refractivity contribution >= 4 is 11.8 Å². The Morgan fingerprint density at radius 1 is 1.38 bits per heavy atom. The van der Waals surface area contributed by atoms with Crippen LogP contribution in [0.5, 0.6) is 0 Å². The summed E-state index contributed by atoms with van der Waals surface area (Å²) in [5.74, 6) is 1.85. The fourth-order valence-corrected chi connectivity index (χ4v) is 1.64. The number of hydrogen-bond acceptors (Lipinski definition) is 3. The van der Waals surface area contributed by atoms with Gasteiger partial charge in [0.2, 0.25) is 0 Å². The first kappa shape index (κ1) is 13.1. The third-order valence-electron chi connectivity index (χ3n) is 1.57. The second-order valence-electron chi connectivity index (χ2n) is 2.61. The van der Waals surface area contributed by atoms with E-state index in [1.807, 2.05) is 6.92 Å². The molecule has 0 heterocycles. The molecular weight excluding hydrogens is 196 g/mol. The van der Waals surface area contributed by atoms with Gasteiger partial charge in [0.15, 0.2) is 0 Å². The molecule has 0 aromatic rings. The molecule has 0 aromatic heterocycles. The predicted molar refractivity (Wildman–Crippen MR) is 52.5 cm³/mol. The first-order chi connectivity index (χ1) is 6.20. The molecule has 0 radical (unpaired) electrons. The normalized spacial score (nSPS) is 11.5. The van der Waals surface area contributed by atoms with Crippen LogP contribution in [0.1, 0.15) is 6.92 Å². The van der Waals surface area contributed by atoms with Crippen LogP contribution in [0, 0.1) is 0 Å². The zero-order valence-electron chi connectivity index (χ0n) is 7.88. The van der Waals surface area contributed by atoms with Gasteiger partial charge in [-0.15, -0.1) is 0 Å². The molecule has 0 aliphatic rings. The Labute approximate surface area is 82.3 Å². The number of aliphatic hydroxyl groups is 1. The summed E-state index contributed by atoms with van der Waals surface area (Å²) < 4.78 is 24.0. The van der Waals surface area contributed by atoms with Crippen molar-refractivity contribution in [2.45, 2.75) is 13.3 Å². The minimum Gasteiger partial charge on any atom is -0.395 e. The number of hydrogen-bond donors (Lipinski definition) is 1. The predicted octanol–water partition coefficient (Wildman–Crippen LogP) is 1.30. The van der Waals surface area contributed by atoms with E-state index >= 15 is 0 Å². The van der Waals surface area contributed by atoms with Gasteiger partial charge in [0, 0.05) is 18.8 Å². The Balaban J connectivity index is 3.53. The second-order valence-corrected chi connectivity index (χ2v) is 4.01. The topological polar surface area (TPSA) is 23.5 Å². The number of nitrogens with zero attached hydrogens (tertiary/aromatic N) is 1. The number of thioether (sulfide) groups is 1. The highest BCUT2D eigenvalue weighted by Gasteiger charge is 2.10. The minimum atomic E-state index is -2.31. The SMILES string of the molecule is CCSCCN(CCO)CC(F)F. The summed E-state index contributed by atoms with van der Waals surface area (Å²) in [6.45, 7) is 2.72. The van der Waals surface area contributed by atoms with Crippen LogP contribution in [-0.4, -0.2) is 54.2 Å². The lowest BCUT2D eigenvalue weighted by Crippen LogP contribution is -2.33. The summed E-state index contributed by atoms with van der Waals surface area (Å²) in [4.78, 5) is 1.59. The molecule has 0 bridgehead atoms. The van der Waals surface area contributed by atoms with Crippen molar-refractivity contribution in [1.29, 1.82) is 0 Å². The fourth-order valence-electron chi connectivity index (χ4n) is 0.969. The van der Waals surface area contributed by atoms with Gasteiger partial charge in [-0.1, -0.05) is 6.92 Å². The standard InChI is InChI=1S/C8H17F2NOS/c1-2-13-6-4-11(3-5-12)7-8(9)10/h8,12H,2-7H2,1H3. The van der Waals surface area contributed by atoms with Crippen LogP contribution in [0.2, 0.25) is 0 Å². The highest BCUT2D eigenvalue weighted by molar-refractivity contribution is 7.99. The monoisotopic (exact) mass is 213 g/mol. The molecule has 0 saturated heterocycles. The molecule has 2 nitrogen and oxygen atoms in total. The van der Waals surface area contributed by atoms with Crippen molar-refractivity contribution in [1.82, 2.24) is 4.90 Å². The van der Waals surface area contributed by atoms with Crippen LogP contribution in [0.25, 0.3) is 0 Å². The highest BCUT2D eigenvalue weighted by Crippen LogP contribution is 2.02. The second kappa shape index (κ2) is 8.72. The average molecular weight is 213 g/mol. The van der Waals surface area contributed by atoms with Crippen LogP contribution in [-0.2, 0) is 0 Å². The van der Waals surface area contributed by atoms with Gasteiger partial charge in [-0.3, -0.25) is 4.90 Å². The van der Waals surface area contributed by atoms with Gasteiger partial charge < -0.3 is 5.11 Å². The first-order valence-electron chi connectivity index (χ1n) is 4.39. The van der Waals surface area contributed by atoms with Crippen LogP contribution < -0.4 is 0 Å². The van der Waals surface area contributed by atoms with Crippen molar-refractivity contribution in [2.75, 3.05) is 37.7 Å². The minimum absolute atomic E-state index is 0.0521. The van der Waals surface area contributed by atoms with Gasteiger partial charge in [-0.25, -0.2) is 8.78 Å². The molecule has 0 aromatic carbocycles. The third kappa shape index (κ3) is 8.46. The molecule has 0 rings (SSSR count). The van der Waals surface area contributed by atoms with Crippen molar-refractivity contribution in [2.24, 2.45) is 0 Å². The quantitative estimate of drug-likeness (QED) is 0.615. The van der Waals surface area contributed by atoms with Crippen molar-refractivity contribution < 1.29 is 13.9 Å². The van der Waals surface area contributed by atoms with Crippen LogP contribution >= 0.6 is 11.8 Å². The van der Waals surface area contributed by atoms with Crippen LogP contribution in [0.4, 0.5) is 8.78 Å². The van der Waals surface area contributed by atoms with Gasteiger partial charge >= 0.3 is 0 Å². The molecule has 13 heavy (non-hydrogen) atoms. The molecule has 0 aliphatic heterocycles. The fraction of sp³-hybridized carbons (Fsp3) is 1.00. The van der Waals surface area contributed by atoms with Gasteiger partial charge in [-0.2, -0.15) is 11.8 Å². The lowest BCUT2D eigenvalue weighted by molar-refractivity contribution is 0.0818. The lowest BCUT2D eigenvalue weighted by Gasteiger charge is -2.20. The molecule has 0 unspecified atom stereocenters. The van der Waals surface area contributed by atoms with Gasteiger partial charge in [0.25, 0.3) is 6.43 Å². The molecule has 0 spiro atoms. The van der Waals surface area contributed by atoms with E-state index in [-0.39, 0.29) is 13.2 Å². The Bertz CT molecular complexity index is 116. The van der Waals surface area contributed by atoms with Crippen LogP contribution in [0.15, 0.2) is 0 Å². The Morgan fingerprint density at radius 3 is 2.54 bits per heavy atom. The number of rotatable bonds is 8. The van der Waals surface area contributed by atoms with Crippen molar-refractivity contribution in [3.05, 3.63) is 0 Å². The molecule has 80 valence electrons.